The summed E-state index contributed by atoms with van der Waals surface area (Å²) in [7, 11) is -4.11. The molecule has 1 N–H and O–H groups in total. The molecule has 0 amide bonds. The molecule has 4 rings (SSSR count). The van der Waals surface area contributed by atoms with E-state index in [1.165, 1.54) is 40.7 Å². The van der Waals surface area contributed by atoms with Gasteiger partial charge in [-0.1, -0.05) is 111 Å². The Morgan fingerprint density at radius 1 is 0.848 bits per heavy atom. The van der Waals surface area contributed by atoms with E-state index < -0.39 is 33.7 Å². The molecular weight excluding hydrogens is 658 g/mol. The van der Waals surface area contributed by atoms with Gasteiger partial charge in [0.2, 0.25) is 0 Å². The Hall–Kier alpha value is -3.79. The molecule has 0 radical (unpaired) electrons. The average molecular weight is 691 g/mol. The van der Waals surface area contributed by atoms with E-state index in [1.807, 2.05) is 24.3 Å². The summed E-state index contributed by atoms with van der Waals surface area (Å²) in [6.07, 6.45) is -1.74. The van der Waals surface area contributed by atoms with Crippen LogP contribution >= 0.6 is 23.2 Å². The normalized spacial score (nSPS) is 13.1. The van der Waals surface area contributed by atoms with Crippen molar-refractivity contribution in [2.75, 3.05) is 4.31 Å². The van der Waals surface area contributed by atoms with Crippen molar-refractivity contribution in [1.82, 2.24) is 0 Å². The first-order valence-corrected chi connectivity index (χ1v) is 16.4. The average Bonchev–Trinajstić information content (AvgIpc) is 2.99. The predicted molar refractivity (Wildman–Crippen MR) is 177 cm³/mol. The predicted octanol–water partition coefficient (Wildman–Crippen LogP) is 9.66. The molecule has 0 aliphatic heterocycles. The Balaban J connectivity index is 1.63. The van der Waals surface area contributed by atoms with Crippen molar-refractivity contribution in [2.24, 2.45) is 5.92 Å². The largest absolute Gasteiger partial charge is 0.481 e. The van der Waals surface area contributed by atoms with Crippen molar-refractivity contribution in [3.8, 4) is 0 Å². The zero-order chi connectivity index (χ0) is 33.9. The highest BCUT2D eigenvalue weighted by Gasteiger charge is 2.31. The second-order valence-corrected chi connectivity index (χ2v) is 14.5. The number of aliphatic carboxylic acids is 1. The highest BCUT2D eigenvalue weighted by atomic mass is 35.5. The molecule has 0 bridgehead atoms. The number of benzene rings is 4. The lowest BCUT2D eigenvalue weighted by atomic mass is 9.87. The van der Waals surface area contributed by atoms with Gasteiger partial charge in [-0.2, -0.15) is 13.2 Å². The highest BCUT2D eigenvalue weighted by Crippen LogP contribution is 2.32. The van der Waals surface area contributed by atoms with Crippen molar-refractivity contribution in [1.29, 1.82) is 0 Å². The fourth-order valence-electron chi connectivity index (χ4n) is 4.70. The van der Waals surface area contributed by atoms with Gasteiger partial charge in [-0.05, 0) is 70.5 Å². The van der Waals surface area contributed by atoms with Gasteiger partial charge in [0.15, 0.2) is 0 Å². The number of nitrogens with zero attached hydrogens (tertiary/aromatic N) is 1. The first-order valence-electron chi connectivity index (χ1n) is 14.2. The Bertz CT molecular complexity index is 1830. The van der Waals surface area contributed by atoms with Crippen LogP contribution in [0.3, 0.4) is 0 Å². The van der Waals surface area contributed by atoms with Crippen LogP contribution in [0.2, 0.25) is 10.0 Å². The molecule has 5 nitrogen and oxygen atoms in total. The first kappa shape index (κ1) is 35.1. The Labute approximate surface area is 277 Å². The van der Waals surface area contributed by atoms with E-state index >= 15 is 0 Å². The fourth-order valence-corrected chi connectivity index (χ4v) is 6.54. The maximum Gasteiger partial charge on any atom is 0.416 e. The number of halogens is 5. The SMILES string of the molecule is CC(C)(C)c1ccc(CN(c2ccc(/C=C/C(Cc3cccc(C(F)(F)F)c3)C(=O)O)cc2)S(=O)(=O)c2ccc(Cl)c(Cl)c2)cc1. The molecule has 1 atom stereocenters. The molecule has 0 spiro atoms. The zero-order valence-electron chi connectivity index (χ0n) is 25.2. The standard InChI is InChI=1S/C35H32Cl2F3NO4S/c1-34(2,3)27-13-8-24(9-14-27)22-41(46(44,45)30-17-18-31(36)32(37)21-30)29-15-10-23(11-16-29)7-12-26(33(42)43)19-25-5-4-6-28(20-25)35(38,39)40/h4-18,20-21,26H,19,22H2,1-3H3,(H,42,43)/b12-7+. The minimum atomic E-state index is -4.54. The van der Waals surface area contributed by atoms with Crippen molar-refractivity contribution in [3.05, 3.63) is 135 Å². The number of alkyl halides is 3. The molecule has 0 aromatic heterocycles. The van der Waals surface area contributed by atoms with Gasteiger partial charge in [0, 0.05) is 0 Å². The van der Waals surface area contributed by atoms with E-state index in [9.17, 15) is 31.5 Å². The molecule has 1 unspecified atom stereocenters. The Morgan fingerprint density at radius 3 is 2.07 bits per heavy atom. The summed E-state index contributed by atoms with van der Waals surface area (Å²) in [5.41, 5.74) is 2.07. The van der Waals surface area contributed by atoms with Gasteiger partial charge in [-0.3, -0.25) is 9.10 Å². The molecule has 4 aromatic carbocycles. The minimum Gasteiger partial charge on any atom is -0.481 e. The molecule has 11 heteroatoms. The number of hydrogen-bond donors (Lipinski definition) is 1. The molecule has 4 aromatic rings. The molecule has 0 saturated carbocycles. The molecule has 0 fully saturated rings. The Kier molecular flexibility index (Phi) is 10.6. The lowest BCUT2D eigenvalue weighted by molar-refractivity contribution is -0.140. The number of sulfonamides is 1. The van der Waals surface area contributed by atoms with Crippen molar-refractivity contribution >= 4 is 51.0 Å². The van der Waals surface area contributed by atoms with Crippen LogP contribution in [-0.4, -0.2) is 19.5 Å². The maximum atomic E-state index is 13.9. The van der Waals surface area contributed by atoms with Crippen LogP contribution < -0.4 is 4.31 Å². The third-order valence-corrected chi connectivity index (χ3v) is 9.86. The van der Waals surface area contributed by atoms with Crippen molar-refractivity contribution in [3.63, 3.8) is 0 Å². The van der Waals surface area contributed by atoms with Gasteiger partial charge in [0.1, 0.15) is 0 Å². The van der Waals surface area contributed by atoms with Gasteiger partial charge >= 0.3 is 12.1 Å². The Morgan fingerprint density at radius 2 is 1.50 bits per heavy atom. The summed E-state index contributed by atoms with van der Waals surface area (Å²) in [5, 5.41) is 10.0. The van der Waals surface area contributed by atoms with Crippen LogP contribution in [0.5, 0.6) is 0 Å². The fraction of sp³-hybridized carbons (Fsp3) is 0.229. The lowest BCUT2D eigenvalue weighted by Gasteiger charge is -2.26. The molecular formula is C35H32Cl2F3NO4S. The molecule has 0 aliphatic carbocycles. The van der Waals surface area contributed by atoms with Crippen molar-refractivity contribution < 1.29 is 31.5 Å². The summed E-state index contributed by atoms with van der Waals surface area (Å²) < 4.78 is 68.5. The van der Waals surface area contributed by atoms with E-state index in [-0.39, 0.29) is 38.9 Å². The van der Waals surface area contributed by atoms with Gasteiger partial charge in [0.25, 0.3) is 10.0 Å². The molecule has 0 aliphatic rings. The third kappa shape index (κ3) is 8.72. The number of rotatable bonds is 10. The van der Waals surface area contributed by atoms with Crippen LogP contribution in [-0.2, 0) is 39.4 Å². The van der Waals surface area contributed by atoms with E-state index in [1.54, 1.807) is 30.3 Å². The van der Waals surface area contributed by atoms with Gasteiger partial charge < -0.3 is 5.11 Å². The van der Waals surface area contributed by atoms with Crippen LogP contribution in [0.1, 0.15) is 48.6 Å². The van der Waals surface area contributed by atoms with Gasteiger partial charge in [0.05, 0.1) is 38.7 Å². The second kappa shape index (κ2) is 13.9. The second-order valence-electron chi connectivity index (χ2n) is 11.8. The molecule has 0 heterocycles. The van der Waals surface area contributed by atoms with E-state index in [0.29, 0.717) is 11.3 Å². The summed E-state index contributed by atoms with van der Waals surface area (Å²) in [5.74, 6) is -2.28. The number of anilines is 1. The van der Waals surface area contributed by atoms with Crippen LogP contribution in [0, 0.1) is 5.92 Å². The lowest BCUT2D eigenvalue weighted by Crippen LogP contribution is -2.30. The van der Waals surface area contributed by atoms with Gasteiger partial charge in [-0.25, -0.2) is 8.42 Å². The number of carboxylic acids is 1. The zero-order valence-corrected chi connectivity index (χ0v) is 27.6. The first-order chi connectivity index (χ1) is 21.4. The summed E-state index contributed by atoms with van der Waals surface area (Å²) in [4.78, 5) is 11.9. The number of carbonyl (C=O) groups is 1. The maximum absolute atomic E-state index is 13.9. The number of carboxylic acid groups (broad SMARTS) is 1. The topological polar surface area (TPSA) is 74.7 Å². The molecule has 0 saturated heterocycles. The summed E-state index contributed by atoms with van der Waals surface area (Å²) in [6.45, 7) is 6.27. The minimum absolute atomic E-state index is 0.0142. The van der Waals surface area contributed by atoms with Crippen LogP contribution in [0.15, 0.2) is 102 Å². The smallest absolute Gasteiger partial charge is 0.416 e. The monoisotopic (exact) mass is 689 g/mol. The van der Waals surface area contributed by atoms with E-state index in [4.69, 9.17) is 23.2 Å². The number of hydrogen-bond acceptors (Lipinski definition) is 3. The van der Waals surface area contributed by atoms with Crippen molar-refractivity contribution in [2.45, 2.75) is 50.2 Å². The van der Waals surface area contributed by atoms with Crippen LogP contribution in [0.25, 0.3) is 6.08 Å². The summed E-state index contributed by atoms with van der Waals surface area (Å²) >= 11 is 12.2. The quantitative estimate of drug-likeness (QED) is 0.180. The summed E-state index contributed by atoms with van der Waals surface area (Å²) in [6, 6.07) is 22.8. The van der Waals surface area contributed by atoms with Crippen LogP contribution in [0.4, 0.5) is 18.9 Å². The van der Waals surface area contributed by atoms with E-state index in [2.05, 4.69) is 20.8 Å². The third-order valence-electron chi connectivity index (χ3n) is 7.35. The highest BCUT2D eigenvalue weighted by molar-refractivity contribution is 7.92. The molecule has 242 valence electrons. The van der Waals surface area contributed by atoms with E-state index in [0.717, 1.165) is 23.3 Å². The van der Waals surface area contributed by atoms with Gasteiger partial charge in [-0.15, -0.1) is 0 Å². The molecule has 46 heavy (non-hydrogen) atoms.